The van der Waals surface area contributed by atoms with Crippen LogP contribution in [0.1, 0.15) is 27.6 Å². The number of phenolic OH excluding ortho intramolecular Hbond substituents is 4. The van der Waals surface area contributed by atoms with Crippen LogP contribution in [-0.2, 0) is 11.2 Å². The lowest BCUT2D eigenvalue weighted by Crippen LogP contribution is -2.34. The highest BCUT2D eigenvalue weighted by atomic mass is 16.6. The quantitative estimate of drug-likeness (QED) is 0.269. The third-order valence-corrected chi connectivity index (χ3v) is 4.89. The third-order valence-electron chi connectivity index (χ3n) is 4.89. The van der Waals surface area contributed by atoms with Crippen LogP contribution < -0.4 is 10.5 Å². The molecule has 0 fully saturated rings. The van der Waals surface area contributed by atoms with E-state index < -0.39 is 23.9 Å². The number of nitrogens with two attached hydrogens (primary N) is 1. The molecule has 0 saturated heterocycles. The van der Waals surface area contributed by atoms with Crippen molar-refractivity contribution in [3.63, 3.8) is 0 Å². The van der Waals surface area contributed by atoms with Crippen molar-refractivity contribution in [2.75, 3.05) is 5.73 Å². The molecule has 4 rings (SSSR count). The molecule has 0 amide bonds. The number of phenols is 4. The van der Waals surface area contributed by atoms with E-state index in [4.69, 9.17) is 15.2 Å². The Morgan fingerprint density at radius 1 is 1.00 bits per heavy atom. The lowest BCUT2D eigenvalue weighted by atomic mass is 9.93. The summed E-state index contributed by atoms with van der Waals surface area (Å²) in [4.78, 5) is 16.4. The number of carbonyl (C=O) groups excluding carboxylic acids is 1. The number of pyridine rings is 1. The number of benzene rings is 2. The van der Waals surface area contributed by atoms with Gasteiger partial charge in [0.15, 0.2) is 29.2 Å². The van der Waals surface area contributed by atoms with Gasteiger partial charge in [-0.2, -0.15) is 0 Å². The summed E-state index contributed by atoms with van der Waals surface area (Å²) in [6.45, 7) is 0. The Hall–Kier alpha value is -4.34. The van der Waals surface area contributed by atoms with Crippen LogP contribution in [-0.4, -0.2) is 42.6 Å². The molecule has 1 aromatic heterocycles. The van der Waals surface area contributed by atoms with Crippen LogP contribution in [0.2, 0.25) is 0 Å². The molecule has 31 heavy (non-hydrogen) atoms. The zero-order chi connectivity index (χ0) is 22.3. The van der Waals surface area contributed by atoms with E-state index in [1.54, 1.807) is 0 Å². The number of hydrogen-bond donors (Lipinski definition) is 6. The van der Waals surface area contributed by atoms with Crippen molar-refractivity contribution < 1.29 is 39.8 Å². The molecular weight excluding hydrogens is 408 g/mol. The average molecular weight is 426 g/mol. The Bertz CT molecular complexity index is 1180. The first-order valence-electron chi connectivity index (χ1n) is 9.11. The van der Waals surface area contributed by atoms with E-state index in [0.717, 1.165) is 18.3 Å². The van der Waals surface area contributed by atoms with Crippen LogP contribution in [0, 0.1) is 0 Å². The van der Waals surface area contributed by atoms with Crippen LogP contribution in [0.25, 0.3) is 0 Å². The lowest BCUT2D eigenvalue weighted by molar-refractivity contribution is -0.0189. The SMILES string of the molecule is Nc1ncc(C(=O)O[C@H]2Cc3c(O)cc(O)cc3O[C@@H]2c2ccc(O)c(O)c2)cc1O. The van der Waals surface area contributed by atoms with Gasteiger partial charge < -0.3 is 40.7 Å². The van der Waals surface area contributed by atoms with Gasteiger partial charge in [-0.05, 0) is 18.2 Å². The number of carbonyl (C=O) groups is 1. The van der Waals surface area contributed by atoms with Crippen LogP contribution in [0.4, 0.5) is 5.82 Å². The molecule has 160 valence electrons. The van der Waals surface area contributed by atoms with Gasteiger partial charge in [-0.1, -0.05) is 6.07 Å². The first kappa shape index (κ1) is 20.0. The number of esters is 1. The molecule has 0 radical (unpaired) electrons. The highest BCUT2D eigenvalue weighted by Gasteiger charge is 2.36. The molecule has 0 unspecified atom stereocenters. The zero-order valence-electron chi connectivity index (χ0n) is 15.9. The molecule has 7 N–H and O–H groups in total. The van der Waals surface area contributed by atoms with Gasteiger partial charge in [-0.25, -0.2) is 9.78 Å². The molecule has 0 saturated carbocycles. The minimum atomic E-state index is -0.973. The standard InChI is InChI=1S/C21H18N2O8/c22-20-16(28)4-10(8-23-20)21(29)31-18-7-12-14(26)5-11(24)6-17(12)30-19(18)9-1-2-13(25)15(27)3-9/h1-6,8,18-19,24-28H,7H2,(H2,22,23)/t18-,19+/m0/s1. The fourth-order valence-electron chi connectivity index (χ4n) is 3.33. The monoisotopic (exact) mass is 426 g/mol. The summed E-state index contributed by atoms with van der Waals surface area (Å²) < 4.78 is 11.5. The summed E-state index contributed by atoms with van der Waals surface area (Å²) >= 11 is 0. The fraction of sp³-hybridized carbons (Fsp3) is 0.143. The number of fused-ring (bicyclic) bond motifs is 1. The minimum Gasteiger partial charge on any atom is -0.508 e. The summed E-state index contributed by atoms with van der Waals surface area (Å²) in [5.74, 6) is -2.38. The van der Waals surface area contributed by atoms with Crippen LogP contribution in [0.15, 0.2) is 42.6 Å². The molecule has 1 aliphatic rings. The average Bonchev–Trinajstić information content (AvgIpc) is 2.72. The maximum absolute atomic E-state index is 12.7. The van der Waals surface area contributed by atoms with Gasteiger partial charge in [0, 0.05) is 35.9 Å². The van der Waals surface area contributed by atoms with Crippen molar-refractivity contribution >= 4 is 11.8 Å². The van der Waals surface area contributed by atoms with Gasteiger partial charge in [0.2, 0.25) is 0 Å². The van der Waals surface area contributed by atoms with Gasteiger partial charge >= 0.3 is 5.97 Å². The molecule has 10 nitrogen and oxygen atoms in total. The second-order valence-electron chi connectivity index (χ2n) is 7.00. The third kappa shape index (κ3) is 3.78. The highest BCUT2D eigenvalue weighted by Crippen LogP contribution is 2.44. The maximum atomic E-state index is 12.7. The Morgan fingerprint density at radius 2 is 1.77 bits per heavy atom. The second kappa shape index (κ2) is 7.48. The summed E-state index contributed by atoms with van der Waals surface area (Å²) in [7, 11) is 0. The summed E-state index contributed by atoms with van der Waals surface area (Å²) in [6, 6.07) is 7.54. The predicted molar refractivity (Wildman–Crippen MR) is 106 cm³/mol. The summed E-state index contributed by atoms with van der Waals surface area (Å²) in [6.07, 6.45) is -0.752. The van der Waals surface area contributed by atoms with Gasteiger partial charge in [0.05, 0.1) is 5.56 Å². The first-order chi connectivity index (χ1) is 14.7. The van der Waals surface area contributed by atoms with Crippen molar-refractivity contribution in [3.8, 4) is 34.5 Å². The minimum absolute atomic E-state index is 0.0217. The molecule has 2 atom stereocenters. The number of aromatic nitrogens is 1. The van der Waals surface area contributed by atoms with E-state index in [2.05, 4.69) is 4.98 Å². The number of aromatic hydroxyl groups is 5. The molecule has 3 aromatic rings. The van der Waals surface area contributed by atoms with Crippen molar-refractivity contribution in [2.45, 2.75) is 18.6 Å². The van der Waals surface area contributed by atoms with E-state index >= 15 is 0 Å². The highest BCUT2D eigenvalue weighted by molar-refractivity contribution is 5.90. The first-order valence-corrected chi connectivity index (χ1v) is 9.11. The van der Waals surface area contributed by atoms with Gasteiger partial charge in [-0.15, -0.1) is 0 Å². The maximum Gasteiger partial charge on any atom is 0.340 e. The molecule has 1 aliphatic heterocycles. The van der Waals surface area contributed by atoms with Gasteiger partial charge in [0.1, 0.15) is 23.4 Å². The molecular formula is C21H18N2O8. The molecule has 0 bridgehead atoms. The Morgan fingerprint density at radius 3 is 2.48 bits per heavy atom. The summed E-state index contributed by atoms with van der Waals surface area (Å²) in [5.41, 5.74) is 6.09. The normalized spacial score (nSPS) is 17.4. The van der Waals surface area contributed by atoms with E-state index in [1.807, 2.05) is 0 Å². The molecule has 10 heteroatoms. The largest absolute Gasteiger partial charge is 0.508 e. The topological polar surface area (TPSA) is 176 Å². The van der Waals surface area contributed by atoms with Gasteiger partial charge in [-0.3, -0.25) is 0 Å². The Balaban J connectivity index is 1.71. The van der Waals surface area contributed by atoms with Crippen molar-refractivity contribution in [1.82, 2.24) is 4.98 Å². The van der Waals surface area contributed by atoms with E-state index in [9.17, 15) is 30.3 Å². The fourth-order valence-corrected chi connectivity index (χ4v) is 3.33. The van der Waals surface area contributed by atoms with Crippen molar-refractivity contribution in [2.24, 2.45) is 0 Å². The Kier molecular flexibility index (Phi) is 4.82. The number of nitrogens with zero attached hydrogens (tertiary/aromatic N) is 1. The van der Waals surface area contributed by atoms with Crippen LogP contribution in [0.3, 0.4) is 0 Å². The smallest absolute Gasteiger partial charge is 0.340 e. The van der Waals surface area contributed by atoms with E-state index in [-0.39, 0.29) is 46.5 Å². The van der Waals surface area contributed by atoms with Crippen molar-refractivity contribution in [3.05, 3.63) is 59.3 Å². The molecule has 2 heterocycles. The number of ether oxygens (including phenoxy) is 2. The zero-order valence-corrected chi connectivity index (χ0v) is 15.9. The number of hydrogen-bond acceptors (Lipinski definition) is 10. The Labute approximate surface area is 175 Å². The van der Waals surface area contributed by atoms with E-state index in [0.29, 0.717) is 11.1 Å². The number of anilines is 1. The molecule has 0 aliphatic carbocycles. The van der Waals surface area contributed by atoms with Crippen LogP contribution in [0.5, 0.6) is 34.5 Å². The lowest BCUT2D eigenvalue weighted by Gasteiger charge is -2.34. The number of nitrogen functional groups attached to an aromatic ring is 1. The predicted octanol–water partition coefficient (Wildman–Crippen LogP) is 2.09. The molecule has 0 spiro atoms. The second-order valence-corrected chi connectivity index (χ2v) is 7.00. The summed E-state index contributed by atoms with van der Waals surface area (Å²) in [5, 5.41) is 49.2. The number of rotatable bonds is 3. The van der Waals surface area contributed by atoms with Gasteiger partial charge in [0.25, 0.3) is 0 Å². The van der Waals surface area contributed by atoms with Crippen LogP contribution >= 0.6 is 0 Å². The van der Waals surface area contributed by atoms with Crippen molar-refractivity contribution in [1.29, 1.82) is 0 Å². The molecule has 2 aromatic carbocycles. The van der Waals surface area contributed by atoms with E-state index in [1.165, 1.54) is 24.3 Å².